The normalized spacial score (nSPS) is 12.8. The molecule has 0 bridgehead atoms. The van der Waals surface area contributed by atoms with E-state index in [-0.39, 0.29) is 30.0 Å². The van der Waals surface area contributed by atoms with Crippen molar-refractivity contribution in [3.8, 4) is 0 Å². The van der Waals surface area contributed by atoms with Crippen LogP contribution >= 0.6 is 11.6 Å². The van der Waals surface area contributed by atoms with Crippen LogP contribution in [-0.2, 0) is 17.6 Å². The third kappa shape index (κ3) is 6.73. The molecule has 2 aromatic rings. The minimum Gasteiger partial charge on any atom is -0.481 e. The lowest BCUT2D eigenvalue weighted by atomic mass is 9.94. The number of carbonyl (C=O) groups is 1. The summed E-state index contributed by atoms with van der Waals surface area (Å²) in [6.07, 6.45) is -1.09. The van der Waals surface area contributed by atoms with E-state index in [2.05, 4.69) is 5.32 Å². The number of carboxylic acid groups (broad SMARTS) is 1. The van der Waals surface area contributed by atoms with Gasteiger partial charge in [-0.2, -0.15) is 0 Å². The number of benzene rings is 2. The number of carboxylic acids is 1. The van der Waals surface area contributed by atoms with Crippen LogP contribution in [0, 0.1) is 17.5 Å². The number of hydrogen-bond acceptors (Lipinski definition) is 3. The Morgan fingerprint density at radius 2 is 1.83 bits per heavy atom. The fourth-order valence-electron chi connectivity index (χ4n) is 3.01. The van der Waals surface area contributed by atoms with Crippen molar-refractivity contribution in [1.82, 2.24) is 5.32 Å². The number of β-amino-alcohol motifs (C(OH)–C–C–N with tert-alkyl or cyclic N) is 1. The number of nitrogens with one attached hydrogen (secondary N) is 1. The van der Waals surface area contributed by atoms with Crippen molar-refractivity contribution in [2.45, 2.75) is 44.8 Å². The van der Waals surface area contributed by atoms with E-state index < -0.39 is 35.1 Å². The van der Waals surface area contributed by atoms with E-state index in [4.69, 9.17) is 16.7 Å². The Morgan fingerprint density at radius 3 is 2.45 bits per heavy atom. The molecule has 2 aromatic carbocycles. The summed E-state index contributed by atoms with van der Waals surface area (Å²) in [4.78, 5) is 10.7. The molecule has 0 heterocycles. The summed E-state index contributed by atoms with van der Waals surface area (Å²) in [5.74, 6) is -3.87. The van der Waals surface area contributed by atoms with Gasteiger partial charge in [0.25, 0.3) is 0 Å². The minimum atomic E-state index is -1.34. The standard InChI is InChI=1S/C21H23ClF3NO3/c1-21(2,10-13-3-5-16(23)15(22)8-13)26-11-18(27)14-7-12(4-6-19(28)29)9-17(24)20(14)25/h3,5,7-9,18,26-27H,4,6,10-11H2,1-2H3,(H,28,29)/t18-/m1/s1. The zero-order valence-electron chi connectivity index (χ0n) is 16.1. The van der Waals surface area contributed by atoms with Crippen molar-refractivity contribution in [3.63, 3.8) is 0 Å². The second kappa shape index (κ2) is 9.61. The number of hydrogen-bond donors (Lipinski definition) is 3. The molecule has 0 aromatic heterocycles. The van der Waals surface area contributed by atoms with E-state index in [9.17, 15) is 23.1 Å². The van der Waals surface area contributed by atoms with Gasteiger partial charge in [0.1, 0.15) is 5.82 Å². The van der Waals surface area contributed by atoms with Gasteiger partial charge in [0.05, 0.1) is 11.1 Å². The first-order chi connectivity index (χ1) is 13.5. The molecule has 0 saturated heterocycles. The van der Waals surface area contributed by atoms with Gasteiger partial charge in [0.15, 0.2) is 11.6 Å². The number of aryl methyl sites for hydroxylation is 1. The van der Waals surface area contributed by atoms with Gasteiger partial charge < -0.3 is 15.5 Å². The maximum absolute atomic E-state index is 14.2. The first-order valence-corrected chi connectivity index (χ1v) is 9.43. The molecule has 0 unspecified atom stereocenters. The number of halogens is 4. The van der Waals surface area contributed by atoms with E-state index in [0.717, 1.165) is 11.6 Å². The molecule has 0 amide bonds. The van der Waals surface area contributed by atoms with E-state index in [1.165, 1.54) is 18.2 Å². The van der Waals surface area contributed by atoms with Crippen LogP contribution in [0.25, 0.3) is 0 Å². The van der Waals surface area contributed by atoms with Gasteiger partial charge in [0.2, 0.25) is 0 Å². The first-order valence-electron chi connectivity index (χ1n) is 9.05. The highest BCUT2D eigenvalue weighted by Gasteiger charge is 2.23. The molecular formula is C21H23ClF3NO3. The summed E-state index contributed by atoms with van der Waals surface area (Å²) < 4.78 is 41.3. The zero-order valence-corrected chi connectivity index (χ0v) is 16.9. The molecule has 0 aliphatic rings. The monoisotopic (exact) mass is 429 g/mol. The summed E-state index contributed by atoms with van der Waals surface area (Å²) >= 11 is 5.79. The van der Waals surface area contributed by atoms with Crippen molar-refractivity contribution >= 4 is 17.6 Å². The number of aliphatic hydroxyl groups is 1. The zero-order chi connectivity index (χ0) is 21.8. The molecule has 8 heteroatoms. The second-order valence-electron chi connectivity index (χ2n) is 7.58. The molecule has 4 nitrogen and oxygen atoms in total. The van der Waals surface area contributed by atoms with Crippen molar-refractivity contribution in [3.05, 3.63) is 69.5 Å². The largest absolute Gasteiger partial charge is 0.481 e. The molecule has 3 N–H and O–H groups in total. The molecule has 0 aliphatic carbocycles. The SMILES string of the molecule is CC(C)(Cc1ccc(F)c(Cl)c1)NC[C@@H](O)c1cc(CCC(=O)O)cc(F)c1F. The molecule has 0 radical (unpaired) electrons. The van der Waals surface area contributed by atoms with Crippen LogP contribution in [0.5, 0.6) is 0 Å². The highest BCUT2D eigenvalue weighted by atomic mass is 35.5. The van der Waals surface area contributed by atoms with Crippen LogP contribution in [0.15, 0.2) is 30.3 Å². The molecule has 2 rings (SSSR count). The molecule has 1 atom stereocenters. The Balaban J connectivity index is 2.07. The Labute approximate surface area is 172 Å². The highest BCUT2D eigenvalue weighted by Crippen LogP contribution is 2.24. The van der Waals surface area contributed by atoms with Crippen LogP contribution in [0.1, 0.15) is 43.1 Å². The minimum absolute atomic E-state index is 0.00839. The summed E-state index contributed by atoms with van der Waals surface area (Å²) in [5, 5.41) is 22.2. The lowest BCUT2D eigenvalue weighted by molar-refractivity contribution is -0.136. The summed E-state index contributed by atoms with van der Waals surface area (Å²) in [6, 6.07) is 6.59. The number of aliphatic hydroxyl groups excluding tert-OH is 1. The summed E-state index contributed by atoms with van der Waals surface area (Å²) in [7, 11) is 0. The molecular weight excluding hydrogens is 407 g/mol. The van der Waals surface area contributed by atoms with Crippen molar-refractivity contribution in [2.24, 2.45) is 0 Å². The Morgan fingerprint density at radius 1 is 1.14 bits per heavy atom. The Hall–Kier alpha value is -2.09. The number of rotatable bonds is 9. The topological polar surface area (TPSA) is 69.6 Å². The summed E-state index contributed by atoms with van der Waals surface area (Å²) in [6.45, 7) is 3.62. The van der Waals surface area contributed by atoms with Crippen molar-refractivity contribution < 1.29 is 28.2 Å². The molecule has 0 saturated carbocycles. The Bertz CT molecular complexity index is 890. The maximum Gasteiger partial charge on any atom is 0.303 e. The van der Waals surface area contributed by atoms with Crippen LogP contribution < -0.4 is 5.32 Å². The Kier molecular flexibility index (Phi) is 7.68. The van der Waals surface area contributed by atoms with Crippen LogP contribution in [0.2, 0.25) is 5.02 Å². The van der Waals surface area contributed by atoms with Crippen LogP contribution in [0.4, 0.5) is 13.2 Å². The first kappa shape index (κ1) is 23.2. The smallest absolute Gasteiger partial charge is 0.303 e. The van der Waals surface area contributed by atoms with Crippen molar-refractivity contribution in [2.75, 3.05) is 6.54 Å². The van der Waals surface area contributed by atoms with E-state index >= 15 is 0 Å². The van der Waals surface area contributed by atoms with Gasteiger partial charge in [-0.3, -0.25) is 4.79 Å². The molecule has 0 spiro atoms. The predicted molar refractivity (Wildman–Crippen MR) is 104 cm³/mol. The lowest BCUT2D eigenvalue weighted by Gasteiger charge is -2.28. The maximum atomic E-state index is 14.2. The lowest BCUT2D eigenvalue weighted by Crippen LogP contribution is -2.43. The van der Waals surface area contributed by atoms with Crippen molar-refractivity contribution in [1.29, 1.82) is 0 Å². The average molecular weight is 430 g/mol. The van der Waals surface area contributed by atoms with Gasteiger partial charge in [-0.25, -0.2) is 13.2 Å². The molecule has 29 heavy (non-hydrogen) atoms. The van der Waals surface area contributed by atoms with Gasteiger partial charge in [-0.05, 0) is 62.1 Å². The van der Waals surface area contributed by atoms with Gasteiger partial charge in [-0.15, -0.1) is 0 Å². The average Bonchev–Trinajstić information content (AvgIpc) is 2.63. The predicted octanol–water partition coefficient (Wildman–Crippen LogP) is 4.42. The quantitative estimate of drug-likeness (QED) is 0.552. The fourth-order valence-corrected chi connectivity index (χ4v) is 3.22. The summed E-state index contributed by atoms with van der Waals surface area (Å²) in [5.41, 5.74) is 0.272. The van der Waals surface area contributed by atoms with E-state index in [1.807, 2.05) is 13.8 Å². The number of aliphatic carboxylic acids is 1. The molecule has 0 fully saturated rings. The molecule has 0 aliphatic heterocycles. The van der Waals surface area contributed by atoms with Gasteiger partial charge in [-0.1, -0.05) is 17.7 Å². The van der Waals surface area contributed by atoms with E-state index in [0.29, 0.717) is 12.0 Å². The van der Waals surface area contributed by atoms with Crippen LogP contribution in [-0.4, -0.2) is 28.3 Å². The van der Waals surface area contributed by atoms with Gasteiger partial charge >= 0.3 is 5.97 Å². The third-order valence-electron chi connectivity index (χ3n) is 4.51. The van der Waals surface area contributed by atoms with E-state index in [1.54, 1.807) is 6.07 Å². The van der Waals surface area contributed by atoms with Crippen LogP contribution in [0.3, 0.4) is 0 Å². The third-order valence-corrected chi connectivity index (χ3v) is 4.80. The van der Waals surface area contributed by atoms with Gasteiger partial charge in [0, 0.05) is 24.1 Å². The second-order valence-corrected chi connectivity index (χ2v) is 7.99. The molecule has 158 valence electrons. The highest BCUT2D eigenvalue weighted by molar-refractivity contribution is 6.30. The fraction of sp³-hybridized carbons (Fsp3) is 0.381.